The molecule has 7 nitrogen and oxygen atoms in total. The lowest BCUT2D eigenvalue weighted by molar-refractivity contribution is -0.119. The van der Waals surface area contributed by atoms with Crippen LogP contribution < -0.4 is 19.9 Å². The second kappa shape index (κ2) is 9.00. The highest BCUT2D eigenvalue weighted by atomic mass is 32.2. The number of nitrogens with zero attached hydrogens (tertiary/aromatic N) is 4. The third-order valence-electron chi connectivity index (χ3n) is 4.22. The standard InChI is InChI=1S/C19H27N5O2S2/c1-19(2,3)20-16(25)13-27-18-22-21-17(28-18)24-11-9-23(10-12-24)14-5-7-15(26-4)8-6-14/h5-8H,9-13H2,1-4H3,(H,20,25). The lowest BCUT2D eigenvalue weighted by Crippen LogP contribution is -2.46. The van der Waals surface area contributed by atoms with E-state index in [1.807, 2.05) is 32.9 Å². The Labute approximate surface area is 174 Å². The number of rotatable bonds is 6. The summed E-state index contributed by atoms with van der Waals surface area (Å²) in [6, 6.07) is 8.17. The van der Waals surface area contributed by atoms with E-state index < -0.39 is 0 Å². The Morgan fingerprint density at radius 3 is 2.39 bits per heavy atom. The fraction of sp³-hybridized carbons (Fsp3) is 0.526. The number of benzene rings is 1. The van der Waals surface area contributed by atoms with Crippen molar-refractivity contribution >= 4 is 39.8 Å². The summed E-state index contributed by atoms with van der Waals surface area (Å²) in [5, 5.41) is 12.4. The maximum absolute atomic E-state index is 12.0. The van der Waals surface area contributed by atoms with Gasteiger partial charge in [0, 0.05) is 37.4 Å². The number of hydrogen-bond acceptors (Lipinski definition) is 8. The van der Waals surface area contributed by atoms with E-state index in [9.17, 15) is 4.79 Å². The van der Waals surface area contributed by atoms with E-state index in [0.29, 0.717) is 5.75 Å². The number of thioether (sulfide) groups is 1. The first-order valence-corrected chi connectivity index (χ1v) is 11.1. The highest BCUT2D eigenvalue weighted by Gasteiger charge is 2.21. The van der Waals surface area contributed by atoms with E-state index in [1.165, 1.54) is 17.4 Å². The first-order chi connectivity index (χ1) is 13.3. The van der Waals surface area contributed by atoms with Crippen LogP contribution in [-0.2, 0) is 4.79 Å². The highest BCUT2D eigenvalue weighted by Crippen LogP contribution is 2.29. The number of carbonyl (C=O) groups excluding carboxylic acids is 1. The number of piperazine rings is 1. The Balaban J connectivity index is 1.49. The molecule has 1 N–H and O–H groups in total. The number of amides is 1. The predicted octanol–water partition coefficient (Wildman–Crippen LogP) is 2.88. The summed E-state index contributed by atoms with van der Waals surface area (Å²) in [5.41, 5.74) is 0.992. The zero-order chi connectivity index (χ0) is 20.1. The fourth-order valence-electron chi connectivity index (χ4n) is 2.92. The summed E-state index contributed by atoms with van der Waals surface area (Å²) in [6.45, 7) is 9.59. The van der Waals surface area contributed by atoms with Crippen molar-refractivity contribution in [3.63, 3.8) is 0 Å². The van der Waals surface area contributed by atoms with Gasteiger partial charge in [-0.15, -0.1) is 10.2 Å². The highest BCUT2D eigenvalue weighted by molar-refractivity contribution is 8.01. The van der Waals surface area contributed by atoms with Gasteiger partial charge in [-0.25, -0.2) is 0 Å². The van der Waals surface area contributed by atoms with E-state index in [0.717, 1.165) is 41.4 Å². The Morgan fingerprint density at radius 1 is 1.14 bits per heavy atom. The molecule has 3 rings (SSSR count). The topological polar surface area (TPSA) is 70.6 Å². The van der Waals surface area contributed by atoms with E-state index in [4.69, 9.17) is 4.74 Å². The van der Waals surface area contributed by atoms with Crippen molar-refractivity contribution in [3.05, 3.63) is 24.3 Å². The molecule has 0 spiro atoms. The van der Waals surface area contributed by atoms with Crippen LogP contribution in [0.1, 0.15) is 20.8 Å². The first kappa shape index (κ1) is 20.7. The maximum Gasteiger partial charge on any atom is 0.230 e. The first-order valence-electron chi connectivity index (χ1n) is 9.25. The van der Waals surface area contributed by atoms with Crippen molar-refractivity contribution in [2.45, 2.75) is 30.6 Å². The molecule has 1 saturated heterocycles. The quantitative estimate of drug-likeness (QED) is 0.719. The van der Waals surface area contributed by atoms with Gasteiger partial charge in [-0.2, -0.15) is 0 Å². The van der Waals surface area contributed by atoms with E-state index in [1.54, 1.807) is 18.4 Å². The van der Waals surface area contributed by atoms with Gasteiger partial charge < -0.3 is 19.9 Å². The summed E-state index contributed by atoms with van der Waals surface area (Å²) < 4.78 is 6.05. The second-order valence-electron chi connectivity index (χ2n) is 7.61. The van der Waals surface area contributed by atoms with Crippen LogP contribution in [0.2, 0.25) is 0 Å². The molecule has 0 radical (unpaired) electrons. The van der Waals surface area contributed by atoms with Gasteiger partial charge in [-0.05, 0) is 45.0 Å². The number of carbonyl (C=O) groups is 1. The Kier molecular flexibility index (Phi) is 6.66. The summed E-state index contributed by atoms with van der Waals surface area (Å²) in [6.07, 6.45) is 0. The number of aromatic nitrogens is 2. The average Bonchev–Trinajstić information content (AvgIpc) is 3.14. The molecule has 152 valence electrons. The predicted molar refractivity (Wildman–Crippen MR) is 116 cm³/mol. The Morgan fingerprint density at radius 2 is 1.79 bits per heavy atom. The van der Waals surface area contributed by atoms with Crippen molar-refractivity contribution in [1.29, 1.82) is 0 Å². The number of ether oxygens (including phenoxy) is 1. The summed E-state index contributed by atoms with van der Waals surface area (Å²) in [7, 11) is 1.68. The molecule has 2 heterocycles. The third kappa shape index (κ3) is 5.75. The van der Waals surface area contributed by atoms with Gasteiger partial charge in [-0.1, -0.05) is 23.1 Å². The summed E-state index contributed by atoms with van der Waals surface area (Å²) in [5.74, 6) is 1.25. The molecule has 1 aliphatic rings. The van der Waals surface area contributed by atoms with Gasteiger partial charge in [0.15, 0.2) is 4.34 Å². The lowest BCUT2D eigenvalue weighted by Gasteiger charge is -2.35. The minimum absolute atomic E-state index is 0.0161. The van der Waals surface area contributed by atoms with Crippen LogP contribution in [-0.4, -0.2) is 60.7 Å². The van der Waals surface area contributed by atoms with Gasteiger partial charge in [-0.3, -0.25) is 4.79 Å². The summed E-state index contributed by atoms with van der Waals surface area (Å²) >= 11 is 2.99. The van der Waals surface area contributed by atoms with E-state index >= 15 is 0 Å². The number of methoxy groups -OCH3 is 1. The SMILES string of the molecule is COc1ccc(N2CCN(c3nnc(SCC(=O)NC(C)(C)C)s3)CC2)cc1. The van der Waals surface area contributed by atoms with Crippen LogP contribution in [0.25, 0.3) is 0 Å². The molecule has 9 heteroatoms. The molecule has 0 saturated carbocycles. The number of nitrogens with one attached hydrogen (secondary N) is 1. The van der Waals surface area contributed by atoms with Gasteiger partial charge in [0.25, 0.3) is 0 Å². The van der Waals surface area contributed by atoms with Crippen molar-refractivity contribution in [2.75, 3.05) is 48.8 Å². The van der Waals surface area contributed by atoms with Crippen LogP contribution in [0.3, 0.4) is 0 Å². The van der Waals surface area contributed by atoms with E-state index in [2.05, 4.69) is 37.4 Å². The molecule has 0 unspecified atom stereocenters. The Bertz CT molecular complexity index is 780. The largest absolute Gasteiger partial charge is 0.497 e. The monoisotopic (exact) mass is 421 g/mol. The van der Waals surface area contributed by atoms with Crippen LogP contribution in [0.5, 0.6) is 5.75 Å². The van der Waals surface area contributed by atoms with Gasteiger partial charge in [0.1, 0.15) is 5.75 Å². The zero-order valence-electron chi connectivity index (χ0n) is 16.8. The molecule has 1 aliphatic heterocycles. The van der Waals surface area contributed by atoms with Crippen molar-refractivity contribution in [2.24, 2.45) is 0 Å². The summed E-state index contributed by atoms with van der Waals surface area (Å²) in [4.78, 5) is 16.6. The molecule has 2 aromatic rings. The zero-order valence-corrected chi connectivity index (χ0v) is 18.4. The second-order valence-corrected chi connectivity index (χ2v) is 9.79. The molecule has 0 bridgehead atoms. The van der Waals surface area contributed by atoms with Crippen molar-refractivity contribution < 1.29 is 9.53 Å². The molecular weight excluding hydrogens is 394 g/mol. The maximum atomic E-state index is 12.0. The van der Waals surface area contributed by atoms with Gasteiger partial charge in [0.2, 0.25) is 11.0 Å². The van der Waals surface area contributed by atoms with Crippen LogP contribution in [0, 0.1) is 0 Å². The molecule has 0 aliphatic carbocycles. The fourth-order valence-corrected chi connectivity index (χ4v) is 4.61. The van der Waals surface area contributed by atoms with E-state index in [-0.39, 0.29) is 11.4 Å². The van der Waals surface area contributed by atoms with Crippen molar-refractivity contribution in [1.82, 2.24) is 15.5 Å². The van der Waals surface area contributed by atoms with Crippen molar-refractivity contribution in [3.8, 4) is 5.75 Å². The number of anilines is 2. The smallest absolute Gasteiger partial charge is 0.230 e. The molecule has 28 heavy (non-hydrogen) atoms. The normalized spacial score (nSPS) is 14.9. The van der Waals surface area contributed by atoms with Gasteiger partial charge >= 0.3 is 0 Å². The third-order valence-corrected chi connectivity index (χ3v) is 6.34. The minimum atomic E-state index is -0.215. The minimum Gasteiger partial charge on any atom is -0.497 e. The molecule has 0 atom stereocenters. The Hall–Kier alpha value is -2.00. The van der Waals surface area contributed by atoms with Crippen LogP contribution in [0.15, 0.2) is 28.6 Å². The molecule has 1 fully saturated rings. The molecule has 1 aromatic heterocycles. The molecule has 1 aromatic carbocycles. The van der Waals surface area contributed by atoms with Gasteiger partial charge in [0.05, 0.1) is 12.9 Å². The van der Waals surface area contributed by atoms with Crippen LogP contribution >= 0.6 is 23.1 Å². The molecule has 1 amide bonds. The average molecular weight is 422 g/mol. The molecular formula is C19H27N5O2S2. The number of hydrogen-bond donors (Lipinski definition) is 1. The lowest BCUT2D eigenvalue weighted by atomic mass is 10.1. The van der Waals surface area contributed by atoms with Crippen LogP contribution in [0.4, 0.5) is 10.8 Å².